The van der Waals surface area contributed by atoms with E-state index in [1.54, 1.807) is 19.4 Å². The molecule has 0 bridgehead atoms. The molecule has 0 saturated carbocycles. The number of halogens is 1. The van der Waals surface area contributed by atoms with E-state index in [1.165, 1.54) is 4.90 Å². The van der Waals surface area contributed by atoms with Gasteiger partial charge in [-0.05, 0) is 59.9 Å². The molecule has 1 fully saturated rings. The number of rotatable bonds is 1. The van der Waals surface area contributed by atoms with E-state index in [4.69, 9.17) is 27.1 Å². The topological polar surface area (TPSA) is 80.8 Å². The maximum Gasteiger partial charge on any atom is 0.261 e. The number of aliphatic imine (C=N–C) groups is 1. The average molecular weight is 411 g/mol. The van der Waals surface area contributed by atoms with E-state index in [0.29, 0.717) is 11.4 Å². The van der Waals surface area contributed by atoms with E-state index in [0.717, 1.165) is 54.7 Å². The number of likely N-dealkylation sites (N-methyl/N-ethyl adjacent to an activating group) is 1. The van der Waals surface area contributed by atoms with Gasteiger partial charge in [-0.1, -0.05) is 23.7 Å². The fourth-order valence-electron chi connectivity index (χ4n) is 5.12. The van der Waals surface area contributed by atoms with E-state index in [1.807, 2.05) is 6.07 Å². The highest BCUT2D eigenvalue weighted by atomic mass is 35.5. The highest BCUT2D eigenvalue weighted by Crippen LogP contribution is 2.54. The fourth-order valence-corrected chi connectivity index (χ4v) is 5.29. The lowest BCUT2D eigenvalue weighted by atomic mass is 9.60. The van der Waals surface area contributed by atoms with Crippen LogP contribution >= 0.6 is 11.6 Å². The zero-order chi connectivity index (χ0) is 20.2. The number of hydrogen-bond donors (Lipinski definition) is 1. The van der Waals surface area contributed by atoms with Crippen LogP contribution in [0.2, 0.25) is 5.02 Å². The lowest BCUT2D eigenvalue weighted by molar-refractivity contribution is -0.133. The Labute approximate surface area is 174 Å². The maximum atomic E-state index is 13.4. The Bertz CT molecular complexity index is 1030. The van der Waals surface area contributed by atoms with Crippen LogP contribution in [0.4, 0.5) is 0 Å². The van der Waals surface area contributed by atoms with Crippen molar-refractivity contribution >= 4 is 23.5 Å². The molecule has 0 radical (unpaired) electrons. The molecule has 6 nitrogen and oxygen atoms in total. The van der Waals surface area contributed by atoms with Crippen molar-refractivity contribution in [3.8, 4) is 11.1 Å². The van der Waals surface area contributed by atoms with Gasteiger partial charge in [-0.15, -0.1) is 0 Å². The van der Waals surface area contributed by atoms with Gasteiger partial charge in [-0.3, -0.25) is 14.7 Å². The summed E-state index contributed by atoms with van der Waals surface area (Å²) in [5, 5.41) is 0.579. The number of hydrogen-bond acceptors (Lipinski definition) is 5. The van der Waals surface area contributed by atoms with E-state index in [2.05, 4.69) is 23.2 Å². The van der Waals surface area contributed by atoms with Gasteiger partial charge in [0, 0.05) is 38.2 Å². The Morgan fingerprint density at radius 3 is 2.66 bits per heavy atom. The third-order valence-electron chi connectivity index (χ3n) is 6.65. The van der Waals surface area contributed by atoms with Crippen LogP contribution in [0.1, 0.15) is 30.4 Å². The Morgan fingerprint density at radius 2 is 1.97 bits per heavy atom. The van der Waals surface area contributed by atoms with Gasteiger partial charge in [0.2, 0.25) is 0 Å². The number of carbonyl (C=O) groups excluding carboxylic acids is 1. The zero-order valence-electron chi connectivity index (χ0n) is 16.3. The molecule has 29 heavy (non-hydrogen) atoms. The van der Waals surface area contributed by atoms with Crippen molar-refractivity contribution in [3.63, 3.8) is 0 Å². The highest BCUT2D eigenvalue weighted by Gasteiger charge is 2.56. The first kappa shape index (κ1) is 18.6. The second-order valence-electron chi connectivity index (χ2n) is 8.42. The summed E-state index contributed by atoms with van der Waals surface area (Å²) in [5.41, 5.74) is 9.16. The average Bonchev–Trinajstić information content (AvgIpc) is 2.92. The summed E-state index contributed by atoms with van der Waals surface area (Å²) in [6, 6.07) is 8.16. The van der Waals surface area contributed by atoms with Crippen LogP contribution < -0.4 is 5.73 Å². The highest BCUT2D eigenvalue weighted by molar-refractivity contribution is 6.30. The van der Waals surface area contributed by atoms with Crippen LogP contribution in [-0.4, -0.2) is 42.0 Å². The largest absolute Gasteiger partial charge is 0.381 e. The van der Waals surface area contributed by atoms with Crippen LogP contribution in [0.25, 0.3) is 11.1 Å². The van der Waals surface area contributed by atoms with Crippen molar-refractivity contribution < 1.29 is 9.53 Å². The molecule has 2 spiro atoms. The molecule has 2 aliphatic heterocycles. The molecule has 3 aliphatic rings. The smallest absolute Gasteiger partial charge is 0.261 e. The number of benzene rings is 1. The summed E-state index contributed by atoms with van der Waals surface area (Å²) in [6.45, 7) is 1.45. The molecule has 3 heterocycles. The number of nitrogens with zero attached hydrogens (tertiary/aromatic N) is 3. The third kappa shape index (κ3) is 2.85. The fraction of sp³-hybridized carbons (Fsp3) is 0.409. The van der Waals surface area contributed by atoms with Gasteiger partial charge in [0.05, 0.1) is 5.02 Å². The zero-order valence-corrected chi connectivity index (χ0v) is 17.1. The van der Waals surface area contributed by atoms with Gasteiger partial charge >= 0.3 is 0 Å². The third-order valence-corrected chi connectivity index (χ3v) is 6.86. The van der Waals surface area contributed by atoms with Crippen molar-refractivity contribution in [2.24, 2.45) is 16.1 Å². The standard InChI is InChI=1S/C22H23ClN4O2/c1-27-19(28)22(26-20(27)24)13-21(4-6-29-7-5-21)10-15-3-2-14(9-18(15)22)16-8-17(23)12-25-11-16/h2-3,8-9,11-12H,4-7,10,13H2,1H3,(H2,24,26). The first-order valence-corrected chi connectivity index (χ1v) is 10.3. The summed E-state index contributed by atoms with van der Waals surface area (Å²) < 4.78 is 5.62. The van der Waals surface area contributed by atoms with Gasteiger partial charge in [0.15, 0.2) is 11.5 Å². The number of guanidine groups is 1. The second-order valence-corrected chi connectivity index (χ2v) is 8.86. The Balaban J connectivity index is 1.69. The summed E-state index contributed by atoms with van der Waals surface area (Å²) in [7, 11) is 1.70. The van der Waals surface area contributed by atoms with E-state index in [-0.39, 0.29) is 17.3 Å². The monoisotopic (exact) mass is 410 g/mol. The van der Waals surface area contributed by atoms with Crippen LogP contribution in [0, 0.1) is 5.41 Å². The Hall–Kier alpha value is -2.44. The van der Waals surface area contributed by atoms with Gasteiger partial charge in [0.25, 0.3) is 5.91 Å². The molecule has 7 heteroatoms. The molecule has 1 aromatic carbocycles. The molecule has 1 atom stereocenters. The number of ether oxygens (including phenoxy) is 1. The van der Waals surface area contributed by atoms with Crippen LogP contribution in [0.5, 0.6) is 0 Å². The Morgan fingerprint density at radius 1 is 1.17 bits per heavy atom. The minimum absolute atomic E-state index is 0.00893. The minimum Gasteiger partial charge on any atom is -0.381 e. The van der Waals surface area contributed by atoms with Crippen LogP contribution in [0.15, 0.2) is 41.7 Å². The number of pyridine rings is 1. The minimum atomic E-state index is -0.966. The van der Waals surface area contributed by atoms with Crippen molar-refractivity contribution in [1.29, 1.82) is 0 Å². The SMILES string of the molecule is CN1C(=O)C2(CC3(CCOCC3)Cc3ccc(-c4cncc(Cl)c4)cc32)N=C1N. The molecule has 2 aromatic rings. The second kappa shape index (κ2) is 6.54. The lowest BCUT2D eigenvalue weighted by Gasteiger charge is -2.47. The van der Waals surface area contributed by atoms with E-state index in [9.17, 15) is 4.79 Å². The van der Waals surface area contributed by atoms with Gasteiger partial charge < -0.3 is 10.5 Å². The van der Waals surface area contributed by atoms with E-state index >= 15 is 0 Å². The summed E-state index contributed by atoms with van der Waals surface area (Å²) >= 11 is 6.14. The number of nitrogens with two attached hydrogens (primary N) is 1. The molecule has 150 valence electrons. The molecule has 1 unspecified atom stereocenters. The Kier molecular flexibility index (Phi) is 4.19. The number of aromatic nitrogens is 1. The first-order chi connectivity index (χ1) is 13.9. The van der Waals surface area contributed by atoms with Crippen LogP contribution in [-0.2, 0) is 21.5 Å². The number of carbonyl (C=O) groups is 1. The molecular formula is C22H23ClN4O2. The molecule has 1 aromatic heterocycles. The lowest BCUT2D eigenvalue weighted by Crippen LogP contribution is -2.49. The molecule has 5 rings (SSSR count). The number of fused-ring (bicyclic) bond motifs is 2. The van der Waals surface area contributed by atoms with E-state index < -0.39 is 5.54 Å². The van der Waals surface area contributed by atoms with Crippen molar-refractivity contribution in [1.82, 2.24) is 9.88 Å². The van der Waals surface area contributed by atoms with Crippen molar-refractivity contribution in [2.45, 2.75) is 31.2 Å². The molecule has 2 N–H and O–H groups in total. The maximum absolute atomic E-state index is 13.4. The number of amides is 1. The first-order valence-electron chi connectivity index (χ1n) is 9.88. The quantitative estimate of drug-likeness (QED) is 0.783. The molecule has 1 amide bonds. The van der Waals surface area contributed by atoms with Gasteiger partial charge in [-0.2, -0.15) is 0 Å². The predicted octanol–water partition coefficient (Wildman–Crippen LogP) is 3.13. The normalized spacial score (nSPS) is 25.4. The molecular weight excluding hydrogens is 388 g/mol. The predicted molar refractivity (Wildman–Crippen MR) is 112 cm³/mol. The van der Waals surface area contributed by atoms with Gasteiger partial charge in [-0.25, -0.2) is 4.99 Å². The summed E-state index contributed by atoms with van der Waals surface area (Å²) in [6.07, 6.45) is 6.84. The molecule has 1 aliphatic carbocycles. The summed E-state index contributed by atoms with van der Waals surface area (Å²) in [5.74, 6) is 0.225. The van der Waals surface area contributed by atoms with Crippen LogP contribution in [0.3, 0.4) is 0 Å². The molecule has 1 saturated heterocycles. The van der Waals surface area contributed by atoms with Crippen molar-refractivity contribution in [2.75, 3.05) is 20.3 Å². The summed E-state index contributed by atoms with van der Waals surface area (Å²) in [4.78, 5) is 23.9. The van der Waals surface area contributed by atoms with Gasteiger partial charge in [0.1, 0.15) is 0 Å². The van der Waals surface area contributed by atoms with Crippen molar-refractivity contribution in [3.05, 3.63) is 52.8 Å².